The highest BCUT2D eigenvalue weighted by Crippen LogP contribution is 2.42. The number of aromatic hydroxyl groups is 1. The molecule has 2 aliphatic heterocycles. The lowest BCUT2D eigenvalue weighted by Crippen LogP contribution is -2.72. The summed E-state index contributed by atoms with van der Waals surface area (Å²) in [7, 11) is 0. The molecule has 2 saturated heterocycles. The van der Waals surface area contributed by atoms with E-state index in [9.17, 15) is 70.9 Å². The molecule has 11 atom stereocenters. The molecule has 2 heterocycles. The second-order valence-electron chi connectivity index (χ2n) is 10.4. The maximum Gasteiger partial charge on any atom is 0.219 e. The van der Waals surface area contributed by atoms with Crippen molar-refractivity contribution in [2.75, 3.05) is 13.2 Å². The average molecular weight is 613 g/mol. The predicted octanol–water partition coefficient (Wildman–Crippen LogP) is -4.40. The number of aliphatic hydroxyl groups excluding tert-OH is 10. The molecule has 1 aliphatic carbocycles. The van der Waals surface area contributed by atoms with Gasteiger partial charge >= 0.3 is 0 Å². The molecule has 0 aromatic heterocycles. The zero-order chi connectivity index (χ0) is 32.0. The Morgan fingerprint density at radius 3 is 1.86 bits per heavy atom. The van der Waals surface area contributed by atoms with Crippen LogP contribution in [0.15, 0.2) is 53.0 Å². The van der Waals surface area contributed by atoms with E-state index < -0.39 is 114 Å². The first-order valence-electron chi connectivity index (χ1n) is 13.0. The van der Waals surface area contributed by atoms with Crippen molar-refractivity contribution in [3.8, 4) is 5.75 Å². The van der Waals surface area contributed by atoms with Gasteiger partial charge in [0.25, 0.3) is 0 Å². The number of rotatable bonds is 6. The van der Waals surface area contributed by atoms with E-state index in [1.807, 2.05) is 0 Å². The van der Waals surface area contributed by atoms with E-state index in [2.05, 4.69) is 0 Å². The third-order valence-electron chi connectivity index (χ3n) is 7.72. The van der Waals surface area contributed by atoms with Crippen LogP contribution in [0.25, 0.3) is 6.08 Å². The smallest absolute Gasteiger partial charge is 0.219 e. The second kappa shape index (κ2) is 12.4. The van der Waals surface area contributed by atoms with Gasteiger partial charge in [0.1, 0.15) is 83.9 Å². The quantitative estimate of drug-likeness (QED) is 0.0820. The molecular weight excluding hydrogens is 580 g/mol. The summed E-state index contributed by atoms with van der Waals surface area (Å²) >= 11 is 0. The van der Waals surface area contributed by atoms with Crippen molar-refractivity contribution in [1.82, 2.24) is 0 Å². The lowest BCUT2D eigenvalue weighted by atomic mass is 9.69. The van der Waals surface area contributed by atoms with Crippen LogP contribution in [-0.4, -0.2) is 153 Å². The maximum atomic E-state index is 13.9. The van der Waals surface area contributed by atoms with Crippen molar-refractivity contribution in [2.45, 2.75) is 66.6 Å². The number of carbonyl (C=O) groups is 2. The Hall–Kier alpha value is -3.26. The molecule has 0 amide bonds. The van der Waals surface area contributed by atoms with Crippen molar-refractivity contribution in [3.05, 3.63) is 58.6 Å². The van der Waals surface area contributed by atoms with Crippen molar-refractivity contribution in [2.24, 2.45) is 0 Å². The van der Waals surface area contributed by atoms with Crippen LogP contribution in [0.1, 0.15) is 5.56 Å². The molecule has 1 aromatic rings. The number of hydrogen-bond donors (Lipinski definition) is 12. The summed E-state index contributed by atoms with van der Waals surface area (Å²) in [6.07, 6.45) is -18.7. The SMILES string of the molecule is O=C1C(=C(O)C=Cc2ccc(O)cc2)C(O)=C(C2OC(CO)C(O)C(O)C2O)C(=O)C1(O)[C@H]1OC(CO)C(O)C(O)C1O. The predicted molar refractivity (Wildman–Crippen MR) is 139 cm³/mol. The molecule has 1 aromatic carbocycles. The number of Topliss-reactive ketones (excluding diaryl/α,β-unsaturated/α-hetero) is 2. The normalized spacial score (nSPS) is 40.3. The van der Waals surface area contributed by atoms with Gasteiger partial charge in [-0.05, 0) is 23.8 Å². The summed E-state index contributed by atoms with van der Waals surface area (Å²) in [6, 6.07) is 5.38. The van der Waals surface area contributed by atoms with Gasteiger partial charge in [0.2, 0.25) is 17.2 Å². The Bertz CT molecular complexity index is 1320. The van der Waals surface area contributed by atoms with Gasteiger partial charge in [0.15, 0.2) is 0 Å². The minimum Gasteiger partial charge on any atom is -0.508 e. The average Bonchev–Trinajstić information content (AvgIpc) is 2.98. The minimum absolute atomic E-state index is 0.0879. The van der Waals surface area contributed by atoms with E-state index in [1.165, 1.54) is 30.3 Å². The maximum absolute atomic E-state index is 13.9. The lowest BCUT2D eigenvalue weighted by molar-refractivity contribution is -0.261. The van der Waals surface area contributed by atoms with Crippen LogP contribution in [0.3, 0.4) is 0 Å². The number of ketones is 2. The van der Waals surface area contributed by atoms with Crippen molar-refractivity contribution >= 4 is 17.6 Å². The number of carbonyl (C=O) groups excluding carboxylic acids is 2. The van der Waals surface area contributed by atoms with Gasteiger partial charge < -0.3 is 70.8 Å². The van der Waals surface area contributed by atoms with E-state index in [-0.39, 0.29) is 5.75 Å². The molecule has 0 spiro atoms. The van der Waals surface area contributed by atoms with Crippen LogP contribution >= 0.6 is 0 Å². The highest BCUT2D eigenvalue weighted by molar-refractivity contribution is 6.28. The van der Waals surface area contributed by atoms with Crippen LogP contribution < -0.4 is 0 Å². The molecule has 236 valence electrons. The Balaban J connectivity index is 1.92. The fourth-order valence-electron chi connectivity index (χ4n) is 5.24. The molecule has 12 N–H and O–H groups in total. The molecule has 16 heteroatoms. The summed E-state index contributed by atoms with van der Waals surface area (Å²) in [5.74, 6) is -6.12. The van der Waals surface area contributed by atoms with Crippen LogP contribution in [0.2, 0.25) is 0 Å². The Morgan fingerprint density at radius 1 is 0.767 bits per heavy atom. The molecule has 4 rings (SSSR count). The van der Waals surface area contributed by atoms with Crippen LogP contribution in [0.5, 0.6) is 5.75 Å². The highest BCUT2D eigenvalue weighted by Gasteiger charge is 2.65. The lowest BCUT2D eigenvalue weighted by Gasteiger charge is -2.48. The number of ether oxygens (including phenoxy) is 2. The van der Waals surface area contributed by atoms with E-state index in [0.29, 0.717) is 5.56 Å². The summed E-state index contributed by atoms with van der Waals surface area (Å²) in [4.78, 5) is 27.6. The zero-order valence-corrected chi connectivity index (χ0v) is 22.2. The van der Waals surface area contributed by atoms with Gasteiger partial charge in [-0.1, -0.05) is 18.2 Å². The molecule has 3 aliphatic rings. The van der Waals surface area contributed by atoms with E-state index in [4.69, 9.17) is 9.47 Å². The van der Waals surface area contributed by atoms with Gasteiger partial charge in [-0.3, -0.25) is 9.59 Å². The Labute approximate surface area is 242 Å². The monoisotopic (exact) mass is 612 g/mol. The number of phenols is 1. The van der Waals surface area contributed by atoms with Crippen molar-refractivity contribution in [1.29, 1.82) is 0 Å². The molecule has 10 unspecified atom stereocenters. The fraction of sp³-hybridized carbons (Fsp3) is 0.481. The Morgan fingerprint density at radius 2 is 1.30 bits per heavy atom. The van der Waals surface area contributed by atoms with E-state index in [1.54, 1.807) is 0 Å². The standard InChI is InChI=1S/C27H32O16/c28-7-12-16(32)19(35)21(37)23(42-12)15-18(34)14(11(31)6-3-9-1-4-10(30)5-2-9)24(39)27(41,25(15)40)26-22(38)20(36)17(33)13(8-29)43-26/h1-6,12-13,16-17,19-23,26,28-38,41H,7-8H2/t12?,13?,16?,17?,19?,20?,21?,22?,23?,26-,27?/m0/s1. The number of benzene rings is 1. The fourth-order valence-corrected chi connectivity index (χ4v) is 5.24. The molecule has 16 nitrogen and oxygen atoms in total. The van der Waals surface area contributed by atoms with Gasteiger partial charge in [0.05, 0.1) is 18.8 Å². The van der Waals surface area contributed by atoms with Crippen LogP contribution in [0, 0.1) is 0 Å². The summed E-state index contributed by atoms with van der Waals surface area (Å²) < 4.78 is 10.6. The first-order chi connectivity index (χ1) is 20.2. The number of allylic oxidation sites excluding steroid dienone is 2. The topological polar surface area (TPSA) is 295 Å². The van der Waals surface area contributed by atoms with Gasteiger partial charge in [-0.15, -0.1) is 0 Å². The zero-order valence-electron chi connectivity index (χ0n) is 22.2. The third kappa shape index (κ3) is 5.47. The number of aliphatic hydroxyl groups is 11. The Kier molecular flexibility index (Phi) is 9.41. The molecule has 0 saturated carbocycles. The van der Waals surface area contributed by atoms with Crippen LogP contribution in [0.4, 0.5) is 0 Å². The summed E-state index contributed by atoms with van der Waals surface area (Å²) in [5, 5.41) is 125. The van der Waals surface area contributed by atoms with Gasteiger partial charge in [-0.25, -0.2) is 0 Å². The molecule has 0 radical (unpaired) electrons. The van der Waals surface area contributed by atoms with Crippen molar-refractivity contribution in [3.63, 3.8) is 0 Å². The molecule has 2 fully saturated rings. The summed E-state index contributed by atoms with van der Waals surface area (Å²) in [5.41, 5.74) is -5.62. The highest BCUT2D eigenvalue weighted by atomic mass is 16.6. The minimum atomic E-state index is -3.63. The largest absolute Gasteiger partial charge is 0.508 e. The van der Waals surface area contributed by atoms with Gasteiger partial charge in [-0.2, -0.15) is 0 Å². The first kappa shape index (κ1) is 32.6. The molecule has 0 bridgehead atoms. The van der Waals surface area contributed by atoms with Crippen molar-refractivity contribution < 1.29 is 80.3 Å². The van der Waals surface area contributed by atoms with Gasteiger partial charge in [0, 0.05) is 0 Å². The molecular formula is C27H32O16. The van der Waals surface area contributed by atoms with E-state index in [0.717, 1.165) is 6.08 Å². The first-order valence-corrected chi connectivity index (χ1v) is 13.0. The second-order valence-corrected chi connectivity index (χ2v) is 10.4. The summed E-state index contributed by atoms with van der Waals surface area (Å²) in [6.45, 7) is -1.99. The molecule has 43 heavy (non-hydrogen) atoms. The number of hydrogen-bond acceptors (Lipinski definition) is 16. The third-order valence-corrected chi connectivity index (χ3v) is 7.72. The van der Waals surface area contributed by atoms with E-state index >= 15 is 0 Å². The number of phenolic OH excluding ortho intramolecular Hbond substituents is 1. The van der Waals surface area contributed by atoms with Crippen LogP contribution in [-0.2, 0) is 19.1 Å².